The molecule has 3 nitrogen and oxygen atoms in total. The normalized spacial score (nSPS) is 11.6. The first-order chi connectivity index (χ1) is 8.11. The summed E-state index contributed by atoms with van der Waals surface area (Å²) in [7, 11) is 0. The maximum absolute atomic E-state index is 5.78. The minimum atomic E-state index is 0.506. The van der Waals surface area contributed by atoms with Crippen molar-refractivity contribution >= 4 is 11.0 Å². The molecule has 0 aliphatic carbocycles. The molecule has 0 saturated carbocycles. The molecule has 1 aromatic carbocycles. The van der Waals surface area contributed by atoms with E-state index >= 15 is 0 Å². The molecule has 0 bridgehead atoms. The van der Waals surface area contributed by atoms with Crippen molar-refractivity contribution in [2.45, 2.75) is 40.3 Å². The van der Waals surface area contributed by atoms with E-state index in [1.807, 2.05) is 0 Å². The highest BCUT2D eigenvalue weighted by Crippen LogP contribution is 2.19. The lowest BCUT2D eigenvalue weighted by Gasteiger charge is -2.09. The standard InChI is InChI=1S/C14H21N3/c1-10(2)6-7-17-13-5-4-11(3)8-12(13)16-14(17)9-15/h4-5,8,10H,6-7,9,15H2,1-3H3. The third-order valence-electron chi connectivity index (χ3n) is 3.10. The zero-order valence-electron chi connectivity index (χ0n) is 10.9. The van der Waals surface area contributed by atoms with Crippen LogP contribution in [0.3, 0.4) is 0 Å². The molecule has 0 atom stereocenters. The largest absolute Gasteiger partial charge is 0.327 e. The number of aromatic nitrogens is 2. The Labute approximate surface area is 103 Å². The number of benzene rings is 1. The summed E-state index contributed by atoms with van der Waals surface area (Å²) in [4.78, 5) is 4.61. The van der Waals surface area contributed by atoms with E-state index in [0.29, 0.717) is 12.5 Å². The smallest absolute Gasteiger partial charge is 0.123 e. The van der Waals surface area contributed by atoms with Gasteiger partial charge in [0.05, 0.1) is 17.6 Å². The fourth-order valence-corrected chi connectivity index (χ4v) is 2.08. The van der Waals surface area contributed by atoms with Crippen molar-refractivity contribution in [3.8, 4) is 0 Å². The molecule has 0 spiro atoms. The first-order valence-electron chi connectivity index (χ1n) is 6.27. The molecular formula is C14H21N3. The quantitative estimate of drug-likeness (QED) is 0.879. The van der Waals surface area contributed by atoms with Gasteiger partial charge in [0.2, 0.25) is 0 Å². The molecule has 0 unspecified atom stereocenters. The molecule has 2 N–H and O–H groups in total. The van der Waals surface area contributed by atoms with Crippen molar-refractivity contribution in [1.82, 2.24) is 9.55 Å². The molecule has 92 valence electrons. The predicted octanol–water partition coefficient (Wildman–Crippen LogP) is 2.85. The lowest BCUT2D eigenvalue weighted by Crippen LogP contribution is -2.09. The van der Waals surface area contributed by atoms with Gasteiger partial charge in [0.1, 0.15) is 5.82 Å². The molecule has 0 amide bonds. The highest BCUT2D eigenvalue weighted by atomic mass is 15.1. The second-order valence-corrected chi connectivity index (χ2v) is 5.06. The van der Waals surface area contributed by atoms with E-state index < -0.39 is 0 Å². The molecule has 0 saturated heterocycles. The summed E-state index contributed by atoms with van der Waals surface area (Å²) >= 11 is 0. The van der Waals surface area contributed by atoms with E-state index in [1.165, 1.54) is 11.1 Å². The van der Waals surface area contributed by atoms with Crippen molar-refractivity contribution in [3.05, 3.63) is 29.6 Å². The summed E-state index contributed by atoms with van der Waals surface area (Å²) in [5.41, 5.74) is 9.29. The van der Waals surface area contributed by atoms with Crippen LogP contribution in [0.25, 0.3) is 11.0 Å². The third-order valence-corrected chi connectivity index (χ3v) is 3.10. The lowest BCUT2D eigenvalue weighted by molar-refractivity contribution is 0.512. The van der Waals surface area contributed by atoms with Crippen molar-refractivity contribution in [2.24, 2.45) is 11.7 Å². The van der Waals surface area contributed by atoms with Crippen LogP contribution < -0.4 is 5.73 Å². The molecule has 17 heavy (non-hydrogen) atoms. The zero-order valence-corrected chi connectivity index (χ0v) is 10.9. The number of nitrogens with zero attached hydrogens (tertiary/aromatic N) is 2. The number of fused-ring (bicyclic) bond motifs is 1. The second kappa shape index (κ2) is 4.88. The van der Waals surface area contributed by atoms with Crippen LogP contribution in [0.1, 0.15) is 31.7 Å². The number of nitrogens with two attached hydrogens (primary N) is 1. The Balaban J connectivity index is 2.43. The van der Waals surface area contributed by atoms with Crippen LogP contribution in [-0.4, -0.2) is 9.55 Å². The molecule has 1 heterocycles. The highest BCUT2D eigenvalue weighted by molar-refractivity contribution is 5.76. The van der Waals surface area contributed by atoms with Crippen LogP contribution in [0.2, 0.25) is 0 Å². The first kappa shape index (κ1) is 12.1. The van der Waals surface area contributed by atoms with Gasteiger partial charge >= 0.3 is 0 Å². The van der Waals surface area contributed by atoms with Crippen LogP contribution >= 0.6 is 0 Å². The zero-order chi connectivity index (χ0) is 12.4. The molecule has 0 aliphatic heterocycles. The maximum Gasteiger partial charge on any atom is 0.123 e. The van der Waals surface area contributed by atoms with Gasteiger partial charge in [-0.2, -0.15) is 0 Å². The average Bonchev–Trinajstić information content (AvgIpc) is 2.63. The summed E-state index contributed by atoms with van der Waals surface area (Å²) in [6.45, 7) is 8.08. The number of aryl methyl sites for hydroxylation is 2. The summed E-state index contributed by atoms with van der Waals surface area (Å²) in [5.74, 6) is 1.69. The number of imidazole rings is 1. The van der Waals surface area contributed by atoms with Crippen LogP contribution in [0, 0.1) is 12.8 Å². The van der Waals surface area contributed by atoms with Gasteiger partial charge in [0.15, 0.2) is 0 Å². The van der Waals surface area contributed by atoms with E-state index in [9.17, 15) is 0 Å². The Morgan fingerprint density at radius 2 is 2.12 bits per heavy atom. The van der Waals surface area contributed by atoms with Gasteiger partial charge in [-0.05, 0) is 37.0 Å². The summed E-state index contributed by atoms with van der Waals surface area (Å²) in [6.07, 6.45) is 1.16. The molecule has 2 aromatic rings. The maximum atomic E-state index is 5.78. The van der Waals surface area contributed by atoms with Crippen LogP contribution in [0.5, 0.6) is 0 Å². The molecule has 2 rings (SSSR count). The number of hydrogen-bond donors (Lipinski definition) is 1. The Kier molecular flexibility index (Phi) is 3.48. The Morgan fingerprint density at radius 1 is 1.35 bits per heavy atom. The number of rotatable bonds is 4. The molecular weight excluding hydrogens is 210 g/mol. The minimum absolute atomic E-state index is 0.506. The van der Waals surface area contributed by atoms with Crippen molar-refractivity contribution < 1.29 is 0 Å². The SMILES string of the molecule is Cc1ccc2c(c1)nc(CN)n2CCC(C)C. The summed E-state index contributed by atoms with van der Waals surface area (Å²) < 4.78 is 2.26. The molecule has 0 aliphatic rings. The molecule has 0 fully saturated rings. The third kappa shape index (κ3) is 2.50. The predicted molar refractivity (Wildman–Crippen MR) is 71.8 cm³/mol. The number of hydrogen-bond acceptors (Lipinski definition) is 2. The Bertz CT molecular complexity index is 511. The van der Waals surface area contributed by atoms with Crippen molar-refractivity contribution in [3.63, 3.8) is 0 Å². The van der Waals surface area contributed by atoms with Crippen LogP contribution in [0.15, 0.2) is 18.2 Å². The van der Waals surface area contributed by atoms with Gasteiger partial charge in [-0.15, -0.1) is 0 Å². The first-order valence-corrected chi connectivity index (χ1v) is 6.27. The Hall–Kier alpha value is -1.35. The van der Waals surface area contributed by atoms with Gasteiger partial charge in [-0.1, -0.05) is 19.9 Å². The average molecular weight is 231 g/mol. The van der Waals surface area contributed by atoms with E-state index in [-0.39, 0.29) is 0 Å². The van der Waals surface area contributed by atoms with Gasteiger partial charge in [-0.3, -0.25) is 0 Å². The lowest BCUT2D eigenvalue weighted by atomic mass is 10.1. The van der Waals surface area contributed by atoms with E-state index in [0.717, 1.165) is 24.3 Å². The fourth-order valence-electron chi connectivity index (χ4n) is 2.08. The minimum Gasteiger partial charge on any atom is -0.327 e. The second-order valence-electron chi connectivity index (χ2n) is 5.06. The highest BCUT2D eigenvalue weighted by Gasteiger charge is 2.09. The van der Waals surface area contributed by atoms with Gasteiger partial charge < -0.3 is 10.3 Å². The monoisotopic (exact) mass is 231 g/mol. The Morgan fingerprint density at radius 3 is 2.76 bits per heavy atom. The van der Waals surface area contributed by atoms with E-state index in [2.05, 4.69) is 48.5 Å². The molecule has 1 aromatic heterocycles. The van der Waals surface area contributed by atoms with Crippen molar-refractivity contribution in [2.75, 3.05) is 0 Å². The molecule has 0 radical (unpaired) electrons. The van der Waals surface area contributed by atoms with Gasteiger partial charge in [-0.25, -0.2) is 4.98 Å². The molecule has 3 heteroatoms. The fraction of sp³-hybridized carbons (Fsp3) is 0.500. The van der Waals surface area contributed by atoms with Crippen LogP contribution in [0.4, 0.5) is 0 Å². The van der Waals surface area contributed by atoms with Gasteiger partial charge in [0, 0.05) is 6.54 Å². The van der Waals surface area contributed by atoms with Crippen LogP contribution in [-0.2, 0) is 13.1 Å². The van der Waals surface area contributed by atoms with E-state index in [1.54, 1.807) is 0 Å². The van der Waals surface area contributed by atoms with E-state index in [4.69, 9.17) is 5.73 Å². The summed E-state index contributed by atoms with van der Waals surface area (Å²) in [6, 6.07) is 6.41. The van der Waals surface area contributed by atoms with Crippen molar-refractivity contribution in [1.29, 1.82) is 0 Å². The topological polar surface area (TPSA) is 43.8 Å². The summed E-state index contributed by atoms with van der Waals surface area (Å²) in [5, 5.41) is 0. The van der Waals surface area contributed by atoms with Gasteiger partial charge in [0.25, 0.3) is 0 Å².